The molecule has 1 aliphatic heterocycles. The maximum Gasteiger partial charge on any atom is 0.253 e. The molecule has 6 N–H and O–H groups in total. The molecule has 1 aliphatic rings. The van der Waals surface area contributed by atoms with Crippen LogP contribution in [0.5, 0.6) is 5.75 Å². The molecule has 25 heavy (non-hydrogen) atoms. The van der Waals surface area contributed by atoms with Gasteiger partial charge in [-0.25, -0.2) is 0 Å². The second kappa shape index (κ2) is 8.39. The number of rotatable bonds is 4. The number of anilines is 3. The van der Waals surface area contributed by atoms with Crippen molar-refractivity contribution in [1.82, 2.24) is 11.1 Å². The minimum absolute atomic E-state index is 0. The molecule has 134 valence electrons. The third kappa shape index (κ3) is 4.42. The minimum atomic E-state index is 0. The molecule has 0 aromatic heterocycles. The number of ether oxygens (including phenoxy) is 1. The van der Waals surface area contributed by atoms with Gasteiger partial charge in [-0.2, -0.15) is 0 Å². The Morgan fingerprint density at radius 1 is 1.08 bits per heavy atom. The van der Waals surface area contributed by atoms with Crippen LogP contribution >= 0.6 is 0 Å². The first kappa shape index (κ1) is 18.6. The first-order chi connectivity index (χ1) is 11.7. The molecule has 0 saturated carbocycles. The Balaban J connectivity index is 0.00000225. The number of piperidine rings is 1. The van der Waals surface area contributed by atoms with E-state index in [1.165, 1.54) is 6.42 Å². The highest BCUT2D eigenvalue weighted by Gasteiger charge is 2.18. The van der Waals surface area contributed by atoms with Crippen molar-refractivity contribution in [2.24, 2.45) is 0 Å². The number of nitrogens with one attached hydrogen (secondary N) is 1. The van der Waals surface area contributed by atoms with E-state index in [0.29, 0.717) is 11.3 Å². The number of carbonyl (C=O) groups excluding carboxylic acids is 1. The number of methoxy groups -OCH3 is 1. The van der Waals surface area contributed by atoms with Crippen molar-refractivity contribution in [3.05, 3.63) is 48.0 Å². The van der Waals surface area contributed by atoms with Crippen LogP contribution in [-0.2, 0) is 0 Å². The Kier molecular flexibility index (Phi) is 6.25. The third-order valence-electron chi connectivity index (χ3n) is 4.31. The number of nitrogens with zero attached hydrogens (tertiary/aromatic N) is 1. The van der Waals surface area contributed by atoms with Crippen molar-refractivity contribution >= 4 is 23.0 Å². The Hall–Kier alpha value is -2.73. The molecule has 6 heteroatoms. The highest BCUT2D eigenvalue weighted by atomic mass is 16.5. The van der Waals surface area contributed by atoms with E-state index in [0.717, 1.165) is 43.1 Å². The summed E-state index contributed by atoms with van der Waals surface area (Å²) in [5.74, 6) is 0.869. The van der Waals surface area contributed by atoms with Crippen LogP contribution in [0.3, 0.4) is 0 Å². The number of amides is 1. The molecule has 1 amide bonds. The van der Waals surface area contributed by atoms with E-state index in [2.05, 4.69) is 5.32 Å². The number of carbonyl (C=O) groups is 1. The number of hydrogen-bond acceptors (Lipinski definition) is 5. The zero-order valence-corrected chi connectivity index (χ0v) is 14.6. The summed E-state index contributed by atoms with van der Waals surface area (Å²) in [7, 11) is 1.64. The Labute approximate surface area is 148 Å². The standard InChI is InChI=1S/C19H23N3O2.H3N/c1-24-16-8-6-15(7-9-16)21-18-10-5-14(13-17(18)20)19(23)22-11-3-2-4-12-22;/h5-10,13,21H,2-4,11-12,20H2,1H3;1H3. The van der Waals surface area contributed by atoms with Crippen LogP contribution in [0, 0.1) is 0 Å². The molecule has 2 aromatic carbocycles. The second-order valence-electron chi connectivity index (χ2n) is 6.01. The average Bonchev–Trinajstić information content (AvgIpc) is 2.64. The van der Waals surface area contributed by atoms with Gasteiger partial charge in [0.05, 0.1) is 18.5 Å². The summed E-state index contributed by atoms with van der Waals surface area (Å²) >= 11 is 0. The number of nitrogen functional groups attached to an aromatic ring is 1. The van der Waals surface area contributed by atoms with Gasteiger partial charge in [0.1, 0.15) is 5.75 Å². The Bertz CT molecular complexity index is 710. The van der Waals surface area contributed by atoms with Crippen LogP contribution in [-0.4, -0.2) is 31.0 Å². The van der Waals surface area contributed by atoms with Crippen molar-refractivity contribution in [3.8, 4) is 5.75 Å². The number of hydrogen-bond donors (Lipinski definition) is 3. The van der Waals surface area contributed by atoms with E-state index in [1.807, 2.05) is 41.3 Å². The van der Waals surface area contributed by atoms with Crippen molar-refractivity contribution in [2.75, 3.05) is 31.2 Å². The molecule has 2 aromatic rings. The van der Waals surface area contributed by atoms with Gasteiger partial charge in [-0.3, -0.25) is 4.79 Å². The van der Waals surface area contributed by atoms with E-state index >= 15 is 0 Å². The largest absolute Gasteiger partial charge is 0.497 e. The summed E-state index contributed by atoms with van der Waals surface area (Å²) in [4.78, 5) is 14.4. The van der Waals surface area contributed by atoms with Gasteiger partial charge in [-0.1, -0.05) is 0 Å². The topological polar surface area (TPSA) is 103 Å². The molecular formula is C19H26N4O2. The van der Waals surface area contributed by atoms with Crippen LogP contribution < -0.4 is 21.9 Å². The van der Waals surface area contributed by atoms with E-state index in [-0.39, 0.29) is 12.1 Å². The maximum atomic E-state index is 12.5. The summed E-state index contributed by atoms with van der Waals surface area (Å²) in [6.45, 7) is 1.68. The van der Waals surface area contributed by atoms with Gasteiger partial charge in [0.15, 0.2) is 0 Å². The summed E-state index contributed by atoms with van der Waals surface area (Å²) in [6.07, 6.45) is 3.37. The fraction of sp³-hybridized carbons (Fsp3) is 0.316. The number of likely N-dealkylation sites (tertiary alicyclic amines) is 1. The predicted molar refractivity (Wildman–Crippen MR) is 102 cm³/mol. The van der Waals surface area contributed by atoms with E-state index < -0.39 is 0 Å². The lowest BCUT2D eigenvalue weighted by Crippen LogP contribution is -2.35. The van der Waals surface area contributed by atoms with Gasteiger partial charge in [0.25, 0.3) is 5.91 Å². The Morgan fingerprint density at radius 3 is 2.36 bits per heavy atom. The molecule has 3 rings (SSSR count). The van der Waals surface area contributed by atoms with Gasteiger partial charge in [-0.05, 0) is 61.7 Å². The van der Waals surface area contributed by atoms with Crippen molar-refractivity contribution < 1.29 is 9.53 Å². The van der Waals surface area contributed by atoms with Crippen molar-refractivity contribution in [3.63, 3.8) is 0 Å². The minimum Gasteiger partial charge on any atom is -0.497 e. The molecule has 0 bridgehead atoms. The van der Waals surface area contributed by atoms with Crippen molar-refractivity contribution in [1.29, 1.82) is 0 Å². The van der Waals surface area contributed by atoms with Crippen LogP contribution in [0.15, 0.2) is 42.5 Å². The molecule has 1 saturated heterocycles. The predicted octanol–water partition coefficient (Wildman–Crippen LogP) is 3.81. The fourth-order valence-corrected chi connectivity index (χ4v) is 2.92. The summed E-state index contributed by atoms with van der Waals surface area (Å²) in [5, 5.41) is 3.26. The van der Waals surface area contributed by atoms with Crippen molar-refractivity contribution in [2.45, 2.75) is 19.3 Å². The van der Waals surface area contributed by atoms with Crippen LogP contribution in [0.25, 0.3) is 0 Å². The normalized spacial score (nSPS) is 13.7. The number of nitrogens with two attached hydrogens (primary N) is 1. The quantitative estimate of drug-likeness (QED) is 0.733. The molecule has 0 radical (unpaired) electrons. The van der Waals surface area contributed by atoms with Gasteiger partial charge in [-0.15, -0.1) is 0 Å². The lowest BCUT2D eigenvalue weighted by Gasteiger charge is -2.27. The number of benzene rings is 2. The van der Waals surface area contributed by atoms with Gasteiger partial charge >= 0.3 is 0 Å². The van der Waals surface area contributed by atoms with Crippen LogP contribution in [0.4, 0.5) is 17.1 Å². The first-order valence-corrected chi connectivity index (χ1v) is 8.27. The maximum absolute atomic E-state index is 12.5. The van der Waals surface area contributed by atoms with Crippen LogP contribution in [0.2, 0.25) is 0 Å². The Morgan fingerprint density at radius 2 is 1.76 bits per heavy atom. The molecule has 0 spiro atoms. The zero-order valence-electron chi connectivity index (χ0n) is 14.6. The van der Waals surface area contributed by atoms with Gasteiger partial charge in [0.2, 0.25) is 0 Å². The third-order valence-corrected chi connectivity index (χ3v) is 4.31. The van der Waals surface area contributed by atoms with E-state index in [9.17, 15) is 4.79 Å². The van der Waals surface area contributed by atoms with Gasteiger partial charge in [0, 0.05) is 24.3 Å². The zero-order chi connectivity index (χ0) is 16.9. The summed E-state index contributed by atoms with van der Waals surface area (Å²) in [6, 6.07) is 13.0. The molecule has 6 nitrogen and oxygen atoms in total. The fourth-order valence-electron chi connectivity index (χ4n) is 2.92. The lowest BCUT2D eigenvalue weighted by molar-refractivity contribution is 0.0724. The molecule has 1 heterocycles. The highest BCUT2D eigenvalue weighted by Crippen LogP contribution is 2.26. The van der Waals surface area contributed by atoms with Crippen LogP contribution in [0.1, 0.15) is 29.6 Å². The molecule has 0 unspecified atom stereocenters. The monoisotopic (exact) mass is 342 g/mol. The lowest BCUT2D eigenvalue weighted by atomic mass is 10.1. The average molecular weight is 342 g/mol. The molecule has 0 aliphatic carbocycles. The SMILES string of the molecule is COc1ccc(Nc2ccc(C(=O)N3CCCCC3)cc2N)cc1.N. The second-order valence-corrected chi connectivity index (χ2v) is 6.01. The van der Waals surface area contributed by atoms with E-state index in [4.69, 9.17) is 10.5 Å². The summed E-state index contributed by atoms with van der Waals surface area (Å²) in [5.41, 5.74) is 9.05. The smallest absolute Gasteiger partial charge is 0.253 e. The van der Waals surface area contributed by atoms with Gasteiger partial charge < -0.3 is 26.8 Å². The molecular weight excluding hydrogens is 316 g/mol. The molecule has 0 atom stereocenters. The summed E-state index contributed by atoms with van der Waals surface area (Å²) < 4.78 is 5.15. The van der Waals surface area contributed by atoms with E-state index in [1.54, 1.807) is 13.2 Å². The first-order valence-electron chi connectivity index (χ1n) is 8.27. The highest BCUT2D eigenvalue weighted by molar-refractivity contribution is 5.96. The molecule has 1 fully saturated rings.